The van der Waals surface area contributed by atoms with E-state index in [9.17, 15) is 9.59 Å². The van der Waals surface area contributed by atoms with E-state index < -0.39 is 0 Å². The molecule has 0 unspecified atom stereocenters. The molecule has 118 valence electrons. The van der Waals surface area contributed by atoms with Gasteiger partial charge < -0.3 is 5.32 Å². The quantitative estimate of drug-likeness (QED) is 0.691. The monoisotopic (exact) mass is 387 g/mol. The summed E-state index contributed by atoms with van der Waals surface area (Å²) in [7, 11) is 0. The molecule has 2 heterocycles. The van der Waals surface area contributed by atoms with Crippen molar-refractivity contribution >= 4 is 62.9 Å². The van der Waals surface area contributed by atoms with E-state index in [1.165, 1.54) is 23.1 Å². The molecule has 0 saturated carbocycles. The van der Waals surface area contributed by atoms with Crippen LogP contribution in [0.5, 0.6) is 0 Å². The normalized spacial score (nSPS) is 10.9. The molecular formula is C12H7Cl2N5O2S2. The second-order valence-electron chi connectivity index (χ2n) is 4.24. The number of carbonyl (C=O) groups is 1. The molecule has 0 fully saturated rings. The minimum absolute atomic E-state index is 0.117. The molecule has 0 aliphatic carbocycles. The first-order valence-corrected chi connectivity index (χ1v) is 8.67. The molecule has 1 amide bonds. The van der Waals surface area contributed by atoms with Crippen molar-refractivity contribution < 1.29 is 4.79 Å². The maximum Gasteiger partial charge on any atom is 0.293 e. The Morgan fingerprint density at radius 1 is 1.30 bits per heavy atom. The zero-order chi connectivity index (χ0) is 16.4. The largest absolute Gasteiger partial charge is 0.325 e. The highest BCUT2D eigenvalue weighted by Crippen LogP contribution is 2.24. The SMILES string of the molecule is O=C(CSc1nn2c(=O)cnnc2s1)Nc1cc(Cl)cc(Cl)c1. The Labute approximate surface area is 147 Å². The van der Waals surface area contributed by atoms with Gasteiger partial charge in [-0.25, -0.2) is 0 Å². The number of rotatable bonds is 4. The van der Waals surface area contributed by atoms with Gasteiger partial charge in [0, 0.05) is 15.7 Å². The number of nitrogens with one attached hydrogen (secondary N) is 1. The molecule has 11 heteroatoms. The van der Waals surface area contributed by atoms with Crippen molar-refractivity contribution in [3.8, 4) is 0 Å². The molecule has 0 saturated heterocycles. The maximum atomic E-state index is 12.0. The van der Waals surface area contributed by atoms with Crippen LogP contribution in [0.2, 0.25) is 10.0 Å². The number of nitrogens with zero attached hydrogens (tertiary/aromatic N) is 4. The Bertz CT molecular complexity index is 922. The fourth-order valence-electron chi connectivity index (χ4n) is 1.66. The highest BCUT2D eigenvalue weighted by molar-refractivity contribution is 8.01. The van der Waals surface area contributed by atoms with Crippen molar-refractivity contribution in [3.05, 3.63) is 44.8 Å². The lowest BCUT2D eigenvalue weighted by Crippen LogP contribution is -2.15. The minimum Gasteiger partial charge on any atom is -0.325 e. The van der Waals surface area contributed by atoms with E-state index >= 15 is 0 Å². The van der Waals surface area contributed by atoms with Crippen molar-refractivity contribution in [1.82, 2.24) is 19.8 Å². The average Bonchev–Trinajstić information content (AvgIpc) is 2.88. The van der Waals surface area contributed by atoms with Crippen molar-refractivity contribution in [2.45, 2.75) is 4.34 Å². The van der Waals surface area contributed by atoms with Crippen LogP contribution in [-0.4, -0.2) is 31.5 Å². The van der Waals surface area contributed by atoms with Crippen LogP contribution in [0, 0.1) is 0 Å². The Morgan fingerprint density at radius 3 is 2.74 bits per heavy atom. The van der Waals surface area contributed by atoms with Crippen LogP contribution >= 0.6 is 46.3 Å². The molecule has 0 aliphatic heterocycles. The van der Waals surface area contributed by atoms with Gasteiger partial charge in [-0.15, -0.1) is 10.2 Å². The first kappa shape index (κ1) is 16.2. The van der Waals surface area contributed by atoms with Gasteiger partial charge in [0.2, 0.25) is 10.9 Å². The third-order valence-electron chi connectivity index (χ3n) is 2.53. The van der Waals surface area contributed by atoms with Crippen LogP contribution in [-0.2, 0) is 4.79 Å². The van der Waals surface area contributed by atoms with Crippen molar-refractivity contribution in [2.75, 3.05) is 11.1 Å². The van der Waals surface area contributed by atoms with Gasteiger partial charge in [0.1, 0.15) is 6.20 Å². The van der Waals surface area contributed by atoms with Crippen LogP contribution < -0.4 is 10.9 Å². The number of hydrogen-bond donors (Lipinski definition) is 1. The third-order valence-corrected chi connectivity index (χ3v) is 5.00. The van der Waals surface area contributed by atoms with Gasteiger partial charge in [0.05, 0.1) is 5.75 Å². The van der Waals surface area contributed by atoms with E-state index in [1.807, 2.05) is 0 Å². The van der Waals surface area contributed by atoms with E-state index in [-0.39, 0.29) is 17.2 Å². The van der Waals surface area contributed by atoms with Crippen molar-refractivity contribution in [3.63, 3.8) is 0 Å². The first-order chi connectivity index (χ1) is 11.0. The Kier molecular flexibility index (Phi) is 4.81. The molecule has 1 aromatic carbocycles. The van der Waals surface area contributed by atoms with E-state index in [1.54, 1.807) is 18.2 Å². The molecule has 7 nitrogen and oxygen atoms in total. The van der Waals surface area contributed by atoms with Crippen LogP contribution in [0.15, 0.2) is 33.5 Å². The summed E-state index contributed by atoms with van der Waals surface area (Å²) >= 11 is 14.1. The summed E-state index contributed by atoms with van der Waals surface area (Å²) < 4.78 is 1.69. The number of halogens is 2. The molecule has 0 atom stereocenters. The Hall–Kier alpha value is -1.68. The summed E-state index contributed by atoms with van der Waals surface area (Å²) in [5.74, 6) is -0.127. The minimum atomic E-state index is -0.365. The number of benzene rings is 1. The van der Waals surface area contributed by atoms with Crippen LogP contribution in [0.1, 0.15) is 0 Å². The van der Waals surface area contributed by atoms with Gasteiger partial charge >= 0.3 is 0 Å². The third kappa shape index (κ3) is 3.99. The lowest BCUT2D eigenvalue weighted by Gasteiger charge is -2.05. The smallest absolute Gasteiger partial charge is 0.293 e. The zero-order valence-corrected chi connectivity index (χ0v) is 14.3. The van der Waals surface area contributed by atoms with E-state index in [0.29, 0.717) is 25.0 Å². The van der Waals surface area contributed by atoms with Crippen LogP contribution in [0.25, 0.3) is 4.96 Å². The molecule has 0 radical (unpaired) electrons. The van der Waals surface area contributed by atoms with Gasteiger partial charge in [-0.3, -0.25) is 9.59 Å². The summed E-state index contributed by atoms with van der Waals surface area (Å²) in [6, 6.07) is 4.78. The fraction of sp³-hybridized carbons (Fsp3) is 0.0833. The van der Waals surface area contributed by atoms with Gasteiger partial charge in [0.15, 0.2) is 4.34 Å². The molecule has 2 aromatic heterocycles. The predicted octanol–water partition coefficient (Wildman–Crippen LogP) is 2.58. The molecule has 3 rings (SSSR count). The summed E-state index contributed by atoms with van der Waals surface area (Å²) in [4.78, 5) is 23.9. The summed E-state index contributed by atoms with van der Waals surface area (Å²) in [6.45, 7) is 0. The lowest BCUT2D eigenvalue weighted by atomic mass is 10.3. The number of amides is 1. The molecule has 3 aromatic rings. The van der Waals surface area contributed by atoms with E-state index in [0.717, 1.165) is 10.7 Å². The Morgan fingerprint density at radius 2 is 2.04 bits per heavy atom. The van der Waals surface area contributed by atoms with Crippen molar-refractivity contribution in [1.29, 1.82) is 0 Å². The standard InChI is InChI=1S/C12H7Cl2N5O2S2/c13-6-1-7(14)3-8(2-6)16-9(20)5-22-12-18-19-10(21)4-15-17-11(19)23-12/h1-4H,5H2,(H,16,20). The molecule has 1 N–H and O–H groups in total. The predicted molar refractivity (Wildman–Crippen MR) is 90.7 cm³/mol. The van der Waals surface area contributed by atoms with Crippen molar-refractivity contribution in [2.24, 2.45) is 0 Å². The van der Waals surface area contributed by atoms with E-state index in [2.05, 4.69) is 20.6 Å². The molecule has 0 spiro atoms. The number of thioether (sulfide) groups is 1. The highest BCUT2D eigenvalue weighted by Gasteiger charge is 2.10. The summed E-state index contributed by atoms with van der Waals surface area (Å²) in [5.41, 5.74) is 0.149. The topological polar surface area (TPSA) is 89.3 Å². The second-order valence-corrected chi connectivity index (χ2v) is 7.29. The second kappa shape index (κ2) is 6.83. The highest BCUT2D eigenvalue weighted by atomic mass is 35.5. The van der Waals surface area contributed by atoms with Gasteiger partial charge in [0.25, 0.3) is 5.56 Å². The first-order valence-electron chi connectivity index (χ1n) is 6.11. The Balaban J connectivity index is 1.66. The fourth-order valence-corrected chi connectivity index (χ4v) is 3.88. The molecular weight excluding hydrogens is 381 g/mol. The van der Waals surface area contributed by atoms with Crippen LogP contribution in [0.4, 0.5) is 5.69 Å². The number of carbonyl (C=O) groups excluding carboxylic acids is 1. The molecule has 0 bridgehead atoms. The number of aromatic nitrogens is 4. The number of hydrogen-bond acceptors (Lipinski definition) is 7. The number of anilines is 1. The maximum absolute atomic E-state index is 12.0. The van der Waals surface area contributed by atoms with Gasteiger partial charge in [-0.1, -0.05) is 46.3 Å². The van der Waals surface area contributed by atoms with Gasteiger partial charge in [-0.2, -0.15) is 9.61 Å². The summed E-state index contributed by atoms with van der Waals surface area (Å²) in [5, 5.41) is 15.0. The van der Waals surface area contributed by atoms with Crippen LogP contribution in [0.3, 0.4) is 0 Å². The zero-order valence-electron chi connectivity index (χ0n) is 11.2. The lowest BCUT2D eigenvalue weighted by molar-refractivity contribution is -0.113. The van der Waals surface area contributed by atoms with E-state index in [4.69, 9.17) is 23.2 Å². The average molecular weight is 388 g/mol. The molecule has 0 aliphatic rings. The molecule has 23 heavy (non-hydrogen) atoms. The van der Waals surface area contributed by atoms with Gasteiger partial charge in [-0.05, 0) is 18.2 Å². The number of fused-ring (bicyclic) bond motifs is 1. The summed E-state index contributed by atoms with van der Waals surface area (Å²) in [6.07, 6.45) is 1.08.